The van der Waals surface area contributed by atoms with E-state index in [4.69, 9.17) is 0 Å². The van der Waals surface area contributed by atoms with Crippen LogP contribution in [0.3, 0.4) is 0 Å². The lowest BCUT2D eigenvalue weighted by atomic mass is 9.71. The maximum Gasteiger partial charge on any atom is 0.233 e. The highest BCUT2D eigenvalue weighted by atomic mass is 16.2. The van der Waals surface area contributed by atoms with Crippen LogP contribution in [0.5, 0.6) is 0 Å². The second-order valence-corrected chi connectivity index (χ2v) is 10.0. The Hall–Kier alpha value is -2.80. The third-order valence-electron chi connectivity index (χ3n) is 7.66. The van der Waals surface area contributed by atoms with Gasteiger partial charge in [0.25, 0.3) is 0 Å². The standard InChI is InChI=1S/C27H37N5O2/c1-28-24(33)27(23-11-3-4-16-30-23)14-8-18-32(21-27)25(34)26(13-7-17-31(2)20-26)12-5-9-22-10-6-15-29-19-22/h3-4,6,10-11,15-16,19H,5,7-9,12-14,17-18,20-21H2,1-2H3,(H,28,33)/t26-,27-/m0/s1. The molecule has 7 nitrogen and oxygen atoms in total. The first-order valence-electron chi connectivity index (χ1n) is 12.5. The molecule has 182 valence electrons. The van der Waals surface area contributed by atoms with Crippen molar-refractivity contribution in [2.45, 2.75) is 50.4 Å². The number of piperidine rings is 2. The zero-order valence-corrected chi connectivity index (χ0v) is 20.5. The number of carbonyl (C=O) groups excluding carboxylic acids is 2. The van der Waals surface area contributed by atoms with Crippen molar-refractivity contribution in [3.05, 3.63) is 60.2 Å². The van der Waals surface area contributed by atoms with Crippen molar-refractivity contribution in [1.29, 1.82) is 0 Å². The predicted octanol–water partition coefficient (Wildman–Crippen LogP) is 2.82. The molecule has 2 atom stereocenters. The van der Waals surface area contributed by atoms with Crippen molar-refractivity contribution in [3.8, 4) is 0 Å². The number of aromatic nitrogens is 2. The quantitative estimate of drug-likeness (QED) is 0.683. The Morgan fingerprint density at radius 1 is 1.06 bits per heavy atom. The van der Waals surface area contributed by atoms with Gasteiger partial charge in [0.15, 0.2) is 0 Å². The van der Waals surface area contributed by atoms with E-state index in [0.717, 1.165) is 57.3 Å². The zero-order valence-electron chi connectivity index (χ0n) is 20.5. The van der Waals surface area contributed by atoms with E-state index in [9.17, 15) is 9.59 Å². The summed E-state index contributed by atoms with van der Waals surface area (Å²) in [6, 6.07) is 9.77. The average molecular weight is 464 g/mol. The van der Waals surface area contributed by atoms with Crippen LogP contribution in [0.25, 0.3) is 0 Å². The van der Waals surface area contributed by atoms with Gasteiger partial charge in [0.1, 0.15) is 5.41 Å². The lowest BCUT2D eigenvalue weighted by Crippen LogP contribution is -2.60. The van der Waals surface area contributed by atoms with Gasteiger partial charge < -0.3 is 15.1 Å². The predicted molar refractivity (Wildman–Crippen MR) is 132 cm³/mol. The molecule has 0 bridgehead atoms. The first-order valence-corrected chi connectivity index (χ1v) is 12.5. The van der Waals surface area contributed by atoms with Gasteiger partial charge in [-0.25, -0.2) is 0 Å². The summed E-state index contributed by atoms with van der Waals surface area (Å²) >= 11 is 0. The molecule has 4 rings (SSSR count). The lowest BCUT2D eigenvalue weighted by Gasteiger charge is -2.47. The van der Waals surface area contributed by atoms with Crippen LogP contribution in [0.15, 0.2) is 48.9 Å². The van der Waals surface area contributed by atoms with Crippen LogP contribution in [0.4, 0.5) is 0 Å². The molecule has 2 aliphatic rings. The minimum Gasteiger partial charge on any atom is -0.358 e. The maximum absolute atomic E-state index is 14.2. The van der Waals surface area contributed by atoms with Gasteiger partial charge in [-0.05, 0) is 82.3 Å². The molecule has 2 aromatic heterocycles. The molecule has 7 heteroatoms. The molecule has 0 unspecified atom stereocenters. The highest BCUT2D eigenvalue weighted by Crippen LogP contribution is 2.40. The van der Waals surface area contributed by atoms with Crippen molar-refractivity contribution in [2.75, 3.05) is 40.3 Å². The normalized spacial score (nSPS) is 25.6. The lowest BCUT2D eigenvalue weighted by molar-refractivity contribution is -0.150. The Morgan fingerprint density at radius 3 is 2.62 bits per heavy atom. The van der Waals surface area contributed by atoms with Crippen LogP contribution >= 0.6 is 0 Å². The molecule has 2 aromatic rings. The topological polar surface area (TPSA) is 78.4 Å². The number of carbonyl (C=O) groups is 2. The van der Waals surface area contributed by atoms with E-state index in [1.165, 1.54) is 5.56 Å². The number of nitrogens with one attached hydrogen (secondary N) is 1. The summed E-state index contributed by atoms with van der Waals surface area (Å²) in [4.78, 5) is 40.5. The van der Waals surface area contributed by atoms with E-state index in [0.29, 0.717) is 19.5 Å². The van der Waals surface area contributed by atoms with Crippen LogP contribution in [0.2, 0.25) is 0 Å². The van der Waals surface area contributed by atoms with Crippen molar-refractivity contribution in [2.24, 2.45) is 5.41 Å². The zero-order chi connectivity index (χ0) is 24.0. The highest BCUT2D eigenvalue weighted by molar-refractivity contribution is 5.90. The molecular formula is C27H37N5O2. The van der Waals surface area contributed by atoms with Crippen LogP contribution in [-0.4, -0.2) is 71.9 Å². The molecule has 0 spiro atoms. The summed E-state index contributed by atoms with van der Waals surface area (Å²) in [6.07, 6.45) is 11.5. The fraction of sp³-hybridized carbons (Fsp3) is 0.556. The number of aryl methyl sites for hydroxylation is 1. The van der Waals surface area contributed by atoms with Crippen molar-refractivity contribution in [1.82, 2.24) is 25.1 Å². The summed E-state index contributed by atoms with van der Waals surface area (Å²) in [7, 11) is 3.78. The van der Waals surface area contributed by atoms with Gasteiger partial charge in [-0.1, -0.05) is 12.1 Å². The molecule has 0 aliphatic carbocycles. The molecule has 2 amide bonds. The molecular weight excluding hydrogens is 426 g/mol. The van der Waals surface area contributed by atoms with Crippen molar-refractivity contribution < 1.29 is 9.59 Å². The Morgan fingerprint density at radius 2 is 1.91 bits per heavy atom. The molecule has 1 N–H and O–H groups in total. The third-order valence-corrected chi connectivity index (χ3v) is 7.66. The maximum atomic E-state index is 14.2. The number of nitrogens with zero attached hydrogens (tertiary/aromatic N) is 4. The van der Waals surface area contributed by atoms with E-state index in [-0.39, 0.29) is 11.8 Å². The summed E-state index contributed by atoms with van der Waals surface area (Å²) in [5.74, 6) is 0.143. The fourth-order valence-electron chi connectivity index (χ4n) is 5.98. The van der Waals surface area contributed by atoms with Gasteiger partial charge in [-0.2, -0.15) is 0 Å². The molecule has 4 heterocycles. The van der Waals surface area contributed by atoms with Crippen molar-refractivity contribution in [3.63, 3.8) is 0 Å². The number of likely N-dealkylation sites (tertiary alicyclic amines) is 2. The van der Waals surface area contributed by atoms with Gasteiger partial charge >= 0.3 is 0 Å². The minimum absolute atomic E-state index is 0.0601. The van der Waals surface area contributed by atoms with Gasteiger partial charge in [-0.15, -0.1) is 0 Å². The first kappa shape index (κ1) is 24.3. The minimum atomic E-state index is -0.804. The van der Waals surface area contributed by atoms with Crippen LogP contribution in [0.1, 0.15) is 49.8 Å². The monoisotopic (exact) mass is 463 g/mol. The van der Waals surface area contributed by atoms with E-state index in [1.807, 2.05) is 35.4 Å². The number of pyridine rings is 2. The molecule has 2 fully saturated rings. The Bertz CT molecular complexity index is 970. The Labute approximate surface area is 203 Å². The molecule has 2 aliphatic heterocycles. The van der Waals surface area contributed by atoms with Crippen molar-refractivity contribution >= 4 is 11.8 Å². The smallest absolute Gasteiger partial charge is 0.233 e. The molecule has 0 radical (unpaired) electrons. The summed E-state index contributed by atoms with van der Waals surface area (Å²) in [5.41, 5.74) is 0.742. The first-order chi connectivity index (χ1) is 16.5. The Balaban J connectivity index is 1.57. The Kier molecular flexibility index (Phi) is 7.61. The van der Waals surface area contributed by atoms with Gasteiger partial charge in [-0.3, -0.25) is 19.6 Å². The number of amides is 2. The largest absolute Gasteiger partial charge is 0.358 e. The van der Waals surface area contributed by atoms with Crippen LogP contribution in [0, 0.1) is 5.41 Å². The summed E-state index contributed by atoms with van der Waals surface area (Å²) < 4.78 is 0. The van der Waals surface area contributed by atoms with E-state index < -0.39 is 10.8 Å². The number of likely N-dealkylation sites (N-methyl/N-ethyl adjacent to an activating group) is 1. The van der Waals surface area contributed by atoms with Crippen LogP contribution in [-0.2, 0) is 21.4 Å². The highest BCUT2D eigenvalue weighted by Gasteiger charge is 2.50. The average Bonchev–Trinajstić information content (AvgIpc) is 2.89. The summed E-state index contributed by atoms with van der Waals surface area (Å²) in [5, 5.41) is 2.85. The second kappa shape index (κ2) is 10.6. The number of hydrogen-bond donors (Lipinski definition) is 1. The third kappa shape index (κ3) is 4.99. The molecule has 34 heavy (non-hydrogen) atoms. The second-order valence-electron chi connectivity index (χ2n) is 10.0. The molecule has 2 saturated heterocycles. The van der Waals surface area contributed by atoms with Crippen LogP contribution < -0.4 is 5.32 Å². The summed E-state index contributed by atoms with van der Waals surface area (Å²) in [6.45, 7) is 2.87. The van der Waals surface area contributed by atoms with E-state index in [2.05, 4.69) is 33.3 Å². The SMILES string of the molecule is CNC(=O)[C@@]1(c2ccccn2)CCCN(C(=O)[C@@]2(CCCc3cccnc3)CCCN(C)C2)C1. The number of rotatable bonds is 7. The van der Waals surface area contributed by atoms with Gasteiger partial charge in [0.05, 0.1) is 11.1 Å². The van der Waals surface area contributed by atoms with Gasteiger partial charge in [0.2, 0.25) is 11.8 Å². The molecule has 0 saturated carbocycles. The molecule has 0 aromatic carbocycles. The van der Waals surface area contributed by atoms with E-state index in [1.54, 1.807) is 19.4 Å². The van der Waals surface area contributed by atoms with Gasteiger partial charge in [0, 0.05) is 45.3 Å². The number of hydrogen-bond acceptors (Lipinski definition) is 5. The fourth-order valence-corrected chi connectivity index (χ4v) is 5.98. The van der Waals surface area contributed by atoms with E-state index >= 15 is 0 Å².